The number of benzene rings is 2. The molecule has 0 aliphatic heterocycles. The third-order valence-electron chi connectivity index (χ3n) is 5.94. The number of aryl methyl sites for hydroxylation is 1. The summed E-state index contributed by atoms with van der Waals surface area (Å²) < 4.78 is 9.80. The number of rotatable bonds is 4. The van der Waals surface area contributed by atoms with E-state index in [0.717, 1.165) is 19.8 Å². The van der Waals surface area contributed by atoms with Crippen LogP contribution in [0.1, 0.15) is 28.5 Å². The van der Waals surface area contributed by atoms with Gasteiger partial charge in [0.2, 0.25) is 0 Å². The first-order valence-electron chi connectivity index (χ1n) is 9.89. The molecular formula is C25H22N2O5. The van der Waals surface area contributed by atoms with Gasteiger partial charge in [0.05, 0.1) is 37.8 Å². The third kappa shape index (κ3) is 3.48. The first-order chi connectivity index (χ1) is 15.4. The summed E-state index contributed by atoms with van der Waals surface area (Å²) in [4.78, 5) is 25.7. The minimum atomic E-state index is -1.93. The predicted molar refractivity (Wildman–Crippen MR) is 114 cm³/mol. The Bertz CT molecular complexity index is 1130. The molecule has 1 aliphatic rings. The van der Waals surface area contributed by atoms with Crippen molar-refractivity contribution in [2.45, 2.75) is 18.8 Å². The first-order valence-corrected chi connectivity index (χ1v) is 9.89. The van der Waals surface area contributed by atoms with Gasteiger partial charge in [0.1, 0.15) is 11.7 Å². The largest absolute Gasteiger partial charge is 0.511 e. The van der Waals surface area contributed by atoms with Crippen molar-refractivity contribution in [3.63, 3.8) is 0 Å². The molecule has 0 bridgehead atoms. The Labute approximate surface area is 186 Å². The number of hydrogen-bond donors (Lipinski definition) is 1. The van der Waals surface area contributed by atoms with Gasteiger partial charge in [0, 0.05) is 5.92 Å². The zero-order valence-electron chi connectivity index (χ0n) is 17.9. The summed E-state index contributed by atoms with van der Waals surface area (Å²) in [5.41, 5.74) is -0.340. The van der Waals surface area contributed by atoms with Crippen LogP contribution in [0.3, 0.4) is 0 Å². The Balaban J connectivity index is 2.47. The fourth-order valence-electron chi connectivity index (χ4n) is 4.45. The minimum absolute atomic E-state index is 0.305. The predicted octanol–water partition coefficient (Wildman–Crippen LogP) is 3.68. The molecule has 3 rings (SSSR count). The van der Waals surface area contributed by atoms with Crippen LogP contribution in [0.15, 0.2) is 65.9 Å². The molecule has 0 aromatic heterocycles. The van der Waals surface area contributed by atoms with Crippen LogP contribution >= 0.6 is 0 Å². The number of carbonyl (C=O) groups excluding carboxylic acids is 2. The molecule has 0 saturated heterocycles. The van der Waals surface area contributed by atoms with Crippen LogP contribution in [0.25, 0.3) is 0 Å². The lowest BCUT2D eigenvalue weighted by molar-refractivity contribution is -0.147. The summed E-state index contributed by atoms with van der Waals surface area (Å²) >= 11 is 0. The topological polar surface area (TPSA) is 120 Å². The van der Waals surface area contributed by atoms with Gasteiger partial charge in [-0.2, -0.15) is 10.5 Å². The van der Waals surface area contributed by atoms with Gasteiger partial charge >= 0.3 is 11.9 Å². The zero-order valence-corrected chi connectivity index (χ0v) is 17.9. The van der Waals surface area contributed by atoms with E-state index in [1.54, 1.807) is 54.6 Å². The summed E-state index contributed by atoms with van der Waals surface area (Å²) in [6.07, 6.45) is 0. The standard InChI is InChI=1S/C25H22N2O5/c1-15-9-11-17(12-10-15)21-19(24(30)32-3)22(28)18(23(29)31-2)20(25(21,13-26)14-27)16-7-5-4-6-8-16/h4-12,19-21,28H,1-3H3. The normalized spacial score (nSPS) is 21.7. The van der Waals surface area contributed by atoms with Gasteiger partial charge in [-0.15, -0.1) is 0 Å². The van der Waals surface area contributed by atoms with E-state index in [1.807, 2.05) is 6.92 Å². The number of esters is 2. The lowest BCUT2D eigenvalue weighted by atomic mass is 9.54. The number of carbonyl (C=O) groups is 2. The van der Waals surface area contributed by atoms with Gasteiger partial charge in [-0.3, -0.25) is 4.79 Å². The second kappa shape index (κ2) is 8.95. The molecule has 0 saturated carbocycles. The molecule has 0 amide bonds. The number of ether oxygens (including phenoxy) is 2. The zero-order chi connectivity index (χ0) is 23.5. The van der Waals surface area contributed by atoms with Gasteiger partial charge < -0.3 is 14.6 Å². The van der Waals surface area contributed by atoms with E-state index in [2.05, 4.69) is 12.1 Å². The first kappa shape index (κ1) is 22.6. The maximum atomic E-state index is 12.9. The molecule has 7 nitrogen and oxygen atoms in total. The summed E-state index contributed by atoms with van der Waals surface area (Å²) in [5.74, 6) is -6.08. The molecule has 0 heterocycles. The van der Waals surface area contributed by atoms with Crippen molar-refractivity contribution in [1.82, 2.24) is 0 Å². The number of methoxy groups -OCH3 is 2. The van der Waals surface area contributed by atoms with E-state index < -0.39 is 40.9 Å². The second-order valence-corrected chi connectivity index (χ2v) is 7.62. The molecule has 0 radical (unpaired) electrons. The number of hydrogen-bond acceptors (Lipinski definition) is 7. The quantitative estimate of drug-likeness (QED) is 0.735. The molecule has 3 atom stereocenters. The number of aliphatic hydroxyl groups is 1. The molecule has 0 fully saturated rings. The second-order valence-electron chi connectivity index (χ2n) is 7.62. The Hall–Kier alpha value is -4.10. The van der Waals surface area contributed by atoms with Crippen LogP contribution in [-0.2, 0) is 19.1 Å². The highest BCUT2D eigenvalue weighted by molar-refractivity contribution is 5.94. The van der Waals surface area contributed by atoms with Crippen LogP contribution < -0.4 is 0 Å². The molecule has 32 heavy (non-hydrogen) atoms. The third-order valence-corrected chi connectivity index (χ3v) is 5.94. The smallest absolute Gasteiger partial charge is 0.337 e. The van der Waals surface area contributed by atoms with Crippen molar-refractivity contribution in [2.75, 3.05) is 14.2 Å². The molecule has 1 N–H and O–H groups in total. The molecule has 2 aromatic carbocycles. The van der Waals surface area contributed by atoms with E-state index in [9.17, 15) is 25.2 Å². The maximum absolute atomic E-state index is 12.9. The average Bonchev–Trinajstić information content (AvgIpc) is 2.83. The van der Waals surface area contributed by atoms with Crippen molar-refractivity contribution in [1.29, 1.82) is 10.5 Å². The van der Waals surface area contributed by atoms with Crippen molar-refractivity contribution < 1.29 is 24.2 Å². The lowest BCUT2D eigenvalue weighted by Gasteiger charge is -2.44. The number of nitrogens with zero attached hydrogens (tertiary/aromatic N) is 2. The van der Waals surface area contributed by atoms with Crippen LogP contribution in [0.5, 0.6) is 0 Å². The van der Waals surface area contributed by atoms with Crippen molar-refractivity contribution in [2.24, 2.45) is 11.3 Å². The summed E-state index contributed by atoms with van der Waals surface area (Å²) in [5, 5.41) is 32.1. The number of aliphatic hydroxyl groups excluding tert-OH is 1. The van der Waals surface area contributed by atoms with E-state index >= 15 is 0 Å². The van der Waals surface area contributed by atoms with Crippen LogP contribution in [0.2, 0.25) is 0 Å². The van der Waals surface area contributed by atoms with Crippen LogP contribution in [0, 0.1) is 40.9 Å². The van der Waals surface area contributed by atoms with Crippen molar-refractivity contribution in [3.05, 3.63) is 82.6 Å². The molecule has 1 aliphatic carbocycles. The summed E-state index contributed by atoms with van der Waals surface area (Å²) in [6, 6.07) is 19.7. The van der Waals surface area contributed by atoms with Crippen molar-refractivity contribution in [3.8, 4) is 12.1 Å². The fourth-order valence-corrected chi connectivity index (χ4v) is 4.45. The van der Waals surface area contributed by atoms with Crippen LogP contribution in [-0.4, -0.2) is 31.3 Å². The molecular weight excluding hydrogens is 408 g/mol. The highest BCUT2D eigenvalue weighted by Crippen LogP contribution is 2.58. The number of nitriles is 2. The van der Waals surface area contributed by atoms with Crippen LogP contribution in [0.4, 0.5) is 0 Å². The summed E-state index contributed by atoms with van der Waals surface area (Å²) in [6.45, 7) is 1.88. The van der Waals surface area contributed by atoms with E-state index in [0.29, 0.717) is 11.1 Å². The fraction of sp³-hybridized carbons (Fsp3) is 0.280. The average molecular weight is 430 g/mol. The Kier molecular flexibility index (Phi) is 6.32. The molecule has 7 heteroatoms. The monoisotopic (exact) mass is 430 g/mol. The van der Waals surface area contributed by atoms with Crippen molar-refractivity contribution >= 4 is 11.9 Å². The lowest BCUT2D eigenvalue weighted by Crippen LogP contribution is -2.47. The van der Waals surface area contributed by atoms with Gasteiger partial charge in [-0.25, -0.2) is 4.79 Å². The highest BCUT2D eigenvalue weighted by atomic mass is 16.5. The van der Waals surface area contributed by atoms with Gasteiger partial charge in [0.15, 0.2) is 5.41 Å². The minimum Gasteiger partial charge on any atom is -0.511 e. The molecule has 2 aromatic rings. The van der Waals surface area contributed by atoms with E-state index in [-0.39, 0.29) is 5.57 Å². The van der Waals surface area contributed by atoms with E-state index in [1.165, 1.54) is 0 Å². The molecule has 0 spiro atoms. The Morgan fingerprint density at radius 2 is 1.53 bits per heavy atom. The molecule has 162 valence electrons. The van der Waals surface area contributed by atoms with E-state index in [4.69, 9.17) is 9.47 Å². The Morgan fingerprint density at radius 3 is 2.03 bits per heavy atom. The highest BCUT2D eigenvalue weighted by Gasteiger charge is 2.61. The maximum Gasteiger partial charge on any atom is 0.337 e. The van der Waals surface area contributed by atoms with Gasteiger partial charge in [-0.05, 0) is 18.1 Å². The summed E-state index contributed by atoms with van der Waals surface area (Å²) in [7, 11) is 2.27. The van der Waals surface area contributed by atoms with Gasteiger partial charge in [-0.1, -0.05) is 60.2 Å². The van der Waals surface area contributed by atoms with Gasteiger partial charge in [0.25, 0.3) is 0 Å². The SMILES string of the molecule is COC(=O)C1=C(O)C(C(=O)OC)C(c2ccc(C)cc2)C(C#N)(C#N)C1c1ccccc1. The Morgan fingerprint density at radius 1 is 0.938 bits per heavy atom. The molecule has 3 unspecified atom stereocenters.